The van der Waals surface area contributed by atoms with Gasteiger partial charge in [-0.1, -0.05) is 55.7 Å². The summed E-state index contributed by atoms with van der Waals surface area (Å²) < 4.78 is 6.25. The van der Waals surface area contributed by atoms with Crippen molar-refractivity contribution in [1.82, 2.24) is 10.2 Å². The van der Waals surface area contributed by atoms with Gasteiger partial charge in [-0.3, -0.25) is 9.59 Å². The van der Waals surface area contributed by atoms with Crippen LogP contribution < -0.4 is 5.32 Å². The van der Waals surface area contributed by atoms with Gasteiger partial charge < -0.3 is 15.0 Å². The van der Waals surface area contributed by atoms with Crippen molar-refractivity contribution in [2.75, 3.05) is 0 Å². The zero-order valence-corrected chi connectivity index (χ0v) is 16.2. The number of rotatable bonds is 4. The van der Waals surface area contributed by atoms with E-state index in [1.54, 1.807) is 4.90 Å². The normalized spacial score (nSPS) is 31.6. The lowest BCUT2D eigenvalue weighted by atomic mass is 9.84. The molecule has 5 nitrogen and oxygen atoms in total. The van der Waals surface area contributed by atoms with Crippen molar-refractivity contribution in [2.45, 2.75) is 69.4 Å². The summed E-state index contributed by atoms with van der Waals surface area (Å²) in [4.78, 5) is 28.5. The molecule has 0 unspecified atom stereocenters. The standard InChI is InChI=1S/C23H26N2O3/c1-15-18-12-13-23(28-18)19(15)22(27)25(14-16-8-4-2-5-9-16)20(23)21(26)24-17-10-6-3-7-11-17/h2,4-5,8-9,12-13,17-18,20H,3,6-7,10-11,14H2,1H3,(H,24,26)/t18-,20-,23+/m1/s1. The monoisotopic (exact) mass is 378 g/mol. The predicted molar refractivity (Wildman–Crippen MR) is 105 cm³/mol. The van der Waals surface area contributed by atoms with Crippen LogP contribution in [0.15, 0.2) is 53.6 Å². The molecule has 1 saturated carbocycles. The Morgan fingerprint density at radius 1 is 1.21 bits per heavy atom. The van der Waals surface area contributed by atoms with Crippen molar-refractivity contribution in [3.05, 3.63) is 59.2 Å². The molecule has 1 aromatic carbocycles. The third kappa shape index (κ3) is 2.56. The highest BCUT2D eigenvalue weighted by molar-refractivity contribution is 6.07. The number of fused-ring (bicyclic) bond motifs is 1. The van der Waals surface area contributed by atoms with E-state index < -0.39 is 11.6 Å². The summed E-state index contributed by atoms with van der Waals surface area (Å²) in [6.07, 6.45) is 9.30. The number of carbonyl (C=O) groups is 2. The van der Waals surface area contributed by atoms with Crippen LogP contribution in [-0.2, 0) is 20.9 Å². The number of carbonyl (C=O) groups excluding carboxylic acids is 2. The number of likely N-dealkylation sites (tertiary alicyclic amines) is 1. The van der Waals surface area contributed by atoms with E-state index in [-0.39, 0.29) is 24.0 Å². The van der Waals surface area contributed by atoms with Gasteiger partial charge in [0.25, 0.3) is 5.91 Å². The number of benzene rings is 1. The van der Waals surface area contributed by atoms with E-state index in [0.29, 0.717) is 12.1 Å². The molecule has 0 aromatic heterocycles. The van der Waals surface area contributed by atoms with Gasteiger partial charge in [-0.05, 0) is 37.0 Å². The maximum absolute atomic E-state index is 13.5. The molecule has 3 heterocycles. The minimum Gasteiger partial charge on any atom is -0.352 e. The van der Waals surface area contributed by atoms with E-state index in [9.17, 15) is 9.59 Å². The molecule has 2 fully saturated rings. The Balaban J connectivity index is 1.49. The van der Waals surface area contributed by atoms with Crippen LogP contribution in [0.5, 0.6) is 0 Å². The Morgan fingerprint density at radius 3 is 2.71 bits per heavy atom. The lowest BCUT2D eigenvalue weighted by molar-refractivity contribution is -0.139. The molecular weight excluding hydrogens is 352 g/mol. The second-order valence-corrected chi connectivity index (χ2v) is 8.41. The van der Waals surface area contributed by atoms with Crippen molar-refractivity contribution < 1.29 is 14.3 Å². The average Bonchev–Trinajstić information content (AvgIpc) is 3.32. The largest absolute Gasteiger partial charge is 0.352 e. The smallest absolute Gasteiger partial charge is 0.254 e. The van der Waals surface area contributed by atoms with Crippen molar-refractivity contribution >= 4 is 11.8 Å². The molecule has 1 aromatic rings. The van der Waals surface area contributed by atoms with Crippen molar-refractivity contribution in [3.8, 4) is 0 Å². The zero-order valence-electron chi connectivity index (χ0n) is 16.2. The van der Waals surface area contributed by atoms with Crippen LogP contribution >= 0.6 is 0 Å². The SMILES string of the molecule is CC1=C2C(=O)N(Cc3ccccc3)[C@H](C(=O)NC3CCCCC3)[C@]23C=C[C@H]1O3. The van der Waals surface area contributed by atoms with Gasteiger partial charge in [0, 0.05) is 12.6 Å². The van der Waals surface area contributed by atoms with E-state index in [4.69, 9.17) is 4.74 Å². The van der Waals surface area contributed by atoms with E-state index >= 15 is 0 Å². The number of nitrogens with zero attached hydrogens (tertiary/aromatic N) is 1. The lowest BCUT2D eigenvalue weighted by Gasteiger charge is -2.33. The molecule has 5 rings (SSSR count). The molecule has 146 valence electrons. The Hall–Kier alpha value is -2.40. The first-order chi connectivity index (χ1) is 13.6. The molecule has 5 heteroatoms. The lowest BCUT2D eigenvalue weighted by Crippen LogP contribution is -2.56. The Bertz CT molecular complexity index is 869. The molecule has 2 amide bonds. The molecular formula is C23H26N2O3. The minimum atomic E-state index is -0.931. The number of amides is 2. The van der Waals surface area contributed by atoms with Crippen LogP contribution in [0.25, 0.3) is 0 Å². The zero-order chi connectivity index (χ0) is 19.3. The average molecular weight is 378 g/mol. The maximum atomic E-state index is 13.5. The number of nitrogens with one attached hydrogen (secondary N) is 1. The van der Waals surface area contributed by atoms with E-state index in [2.05, 4.69) is 5.32 Å². The van der Waals surface area contributed by atoms with Gasteiger partial charge in [0.05, 0.1) is 11.7 Å². The van der Waals surface area contributed by atoms with Gasteiger partial charge in [-0.2, -0.15) is 0 Å². The summed E-state index contributed by atoms with van der Waals surface area (Å²) in [6.45, 7) is 2.36. The third-order valence-corrected chi connectivity index (χ3v) is 6.64. The summed E-state index contributed by atoms with van der Waals surface area (Å²) in [5.41, 5.74) is 1.69. The summed E-state index contributed by atoms with van der Waals surface area (Å²) in [5, 5.41) is 3.23. The topological polar surface area (TPSA) is 58.6 Å². The van der Waals surface area contributed by atoms with Crippen LogP contribution in [0, 0.1) is 0 Å². The highest BCUT2D eigenvalue weighted by Gasteiger charge is 2.65. The molecule has 1 spiro atoms. The van der Waals surface area contributed by atoms with E-state index in [0.717, 1.165) is 36.8 Å². The molecule has 4 aliphatic rings. The molecule has 3 atom stereocenters. The fraction of sp³-hybridized carbons (Fsp3) is 0.478. The van der Waals surface area contributed by atoms with Gasteiger partial charge >= 0.3 is 0 Å². The van der Waals surface area contributed by atoms with E-state index in [1.807, 2.05) is 49.4 Å². The maximum Gasteiger partial charge on any atom is 0.254 e. The molecule has 28 heavy (non-hydrogen) atoms. The second kappa shape index (κ2) is 6.59. The first-order valence-corrected chi connectivity index (χ1v) is 10.3. The van der Waals surface area contributed by atoms with Gasteiger partial charge in [-0.25, -0.2) is 0 Å². The van der Waals surface area contributed by atoms with Gasteiger partial charge in [0.2, 0.25) is 5.91 Å². The number of hydrogen-bond donors (Lipinski definition) is 1. The van der Waals surface area contributed by atoms with Gasteiger partial charge in [0.1, 0.15) is 11.6 Å². The fourth-order valence-electron chi connectivity index (χ4n) is 5.27. The third-order valence-electron chi connectivity index (χ3n) is 6.64. The highest BCUT2D eigenvalue weighted by atomic mass is 16.5. The summed E-state index contributed by atoms with van der Waals surface area (Å²) in [6, 6.07) is 9.39. The van der Waals surface area contributed by atoms with E-state index in [1.165, 1.54) is 6.42 Å². The van der Waals surface area contributed by atoms with Crippen LogP contribution in [-0.4, -0.2) is 40.5 Å². The van der Waals surface area contributed by atoms with Crippen LogP contribution in [0.3, 0.4) is 0 Å². The van der Waals surface area contributed by atoms with Crippen molar-refractivity contribution in [1.29, 1.82) is 0 Å². The number of hydrogen-bond acceptors (Lipinski definition) is 3. The predicted octanol–water partition coefficient (Wildman–Crippen LogP) is 2.87. The molecule has 1 aliphatic carbocycles. The summed E-state index contributed by atoms with van der Waals surface area (Å²) >= 11 is 0. The van der Waals surface area contributed by atoms with Gasteiger partial charge in [-0.15, -0.1) is 0 Å². The second-order valence-electron chi connectivity index (χ2n) is 8.41. The van der Waals surface area contributed by atoms with Crippen LogP contribution in [0.2, 0.25) is 0 Å². The Labute approximate surface area is 165 Å². The van der Waals surface area contributed by atoms with Gasteiger partial charge in [0.15, 0.2) is 0 Å². The number of ether oxygens (including phenoxy) is 1. The van der Waals surface area contributed by atoms with Crippen LogP contribution in [0.4, 0.5) is 0 Å². The van der Waals surface area contributed by atoms with Crippen molar-refractivity contribution in [2.24, 2.45) is 0 Å². The Morgan fingerprint density at radius 2 is 1.96 bits per heavy atom. The molecule has 2 bridgehead atoms. The molecule has 3 aliphatic heterocycles. The summed E-state index contributed by atoms with van der Waals surface area (Å²) in [5.74, 6) is -0.164. The quantitative estimate of drug-likeness (QED) is 0.820. The van der Waals surface area contributed by atoms with Crippen LogP contribution in [0.1, 0.15) is 44.6 Å². The molecule has 1 N–H and O–H groups in total. The first kappa shape index (κ1) is 17.7. The summed E-state index contributed by atoms with van der Waals surface area (Å²) in [7, 11) is 0. The molecule has 0 radical (unpaired) electrons. The minimum absolute atomic E-state index is 0.0722. The highest BCUT2D eigenvalue weighted by Crippen LogP contribution is 2.51. The molecule has 1 saturated heterocycles. The Kier molecular flexibility index (Phi) is 4.16. The first-order valence-electron chi connectivity index (χ1n) is 10.3. The fourth-order valence-corrected chi connectivity index (χ4v) is 5.27. The van der Waals surface area contributed by atoms with Crippen molar-refractivity contribution in [3.63, 3.8) is 0 Å².